The summed E-state index contributed by atoms with van der Waals surface area (Å²) in [6.07, 6.45) is 5.82. The van der Waals surface area contributed by atoms with Gasteiger partial charge in [0.15, 0.2) is 11.5 Å². The molecule has 9 heteroatoms. The Bertz CT molecular complexity index is 1010. The predicted molar refractivity (Wildman–Crippen MR) is 101 cm³/mol. The zero-order chi connectivity index (χ0) is 19.1. The van der Waals surface area contributed by atoms with Crippen molar-refractivity contribution in [3.05, 3.63) is 34.5 Å². The molecule has 0 bridgehead atoms. The van der Waals surface area contributed by atoms with Crippen LogP contribution in [0.1, 0.15) is 64.8 Å². The van der Waals surface area contributed by atoms with Crippen LogP contribution in [0.5, 0.6) is 0 Å². The Balaban J connectivity index is 1.38. The zero-order valence-electron chi connectivity index (χ0n) is 15.7. The molecule has 0 radical (unpaired) electrons. The fraction of sp³-hybridized carbons (Fsp3) is 0.526. The van der Waals surface area contributed by atoms with E-state index in [1.807, 2.05) is 17.9 Å². The molecule has 1 amide bonds. The monoisotopic (exact) mass is 399 g/mol. The number of piperidine rings is 1. The number of hydrogen-bond donors (Lipinski definition) is 0. The van der Waals surface area contributed by atoms with E-state index < -0.39 is 0 Å². The van der Waals surface area contributed by atoms with E-state index in [1.54, 1.807) is 0 Å². The van der Waals surface area contributed by atoms with Gasteiger partial charge in [0, 0.05) is 37.1 Å². The Kier molecular flexibility index (Phi) is 4.46. The lowest BCUT2D eigenvalue weighted by Crippen LogP contribution is -2.40. The first-order valence-corrected chi connectivity index (χ1v) is 10.5. The summed E-state index contributed by atoms with van der Waals surface area (Å²) in [6.45, 7) is 3.22. The van der Waals surface area contributed by atoms with Crippen LogP contribution in [0.3, 0.4) is 0 Å². The highest BCUT2D eigenvalue weighted by atomic mass is 32.1. The number of amides is 1. The first kappa shape index (κ1) is 17.5. The van der Waals surface area contributed by atoms with Crippen LogP contribution in [-0.4, -0.2) is 43.8 Å². The van der Waals surface area contributed by atoms with Gasteiger partial charge in [-0.3, -0.25) is 4.79 Å². The first-order chi connectivity index (χ1) is 13.7. The lowest BCUT2D eigenvalue weighted by atomic mass is 9.92. The normalized spacial score (nSPS) is 19.6. The maximum Gasteiger partial charge on any atom is 0.276 e. The number of likely N-dealkylation sites (tertiary alicyclic amines) is 1. The number of rotatable bonds is 3. The van der Waals surface area contributed by atoms with E-state index in [-0.39, 0.29) is 11.8 Å². The summed E-state index contributed by atoms with van der Waals surface area (Å²) in [4.78, 5) is 15.9. The largest absolute Gasteiger partial charge is 0.360 e. The van der Waals surface area contributed by atoms with E-state index in [0.717, 1.165) is 72.7 Å². The fourth-order valence-electron chi connectivity index (χ4n) is 4.19. The number of aromatic nitrogens is 4. The van der Waals surface area contributed by atoms with Crippen LogP contribution in [-0.2, 0) is 12.8 Å². The van der Waals surface area contributed by atoms with Crippen molar-refractivity contribution in [1.82, 2.24) is 24.8 Å². The summed E-state index contributed by atoms with van der Waals surface area (Å²) >= 11 is 1.31. The lowest BCUT2D eigenvalue weighted by molar-refractivity contribution is 0.0694. The van der Waals surface area contributed by atoms with Crippen LogP contribution in [0.15, 0.2) is 15.1 Å². The molecule has 2 aliphatic rings. The van der Waals surface area contributed by atoms with Crippen molar-refractivity contribution >= 4 is 17.4 Å². The third-order valence-electron chi connectivity index (χ3n) is 5.61. The molecule has 0 unspecified atom stereocenters. The van der Waals surface area contributed by atoms with Crippen LogP contribution < -0.4 is 0 Å². The predicted octanol–water partition coefficient (Wildman–Crippen LogP) is 3.39. The second kappa shape index (κ2) is 7.12. The summed E-state index contributed by atoms with van der Waals surface area (Å²) < 4.78 is 15.0. The highest BCUT2D eigenvalue weighted by Crippen LogP contribution is 2.36. The maximum atomic E-state index is 13.1. The smallest absolute Gasteiger partial charge is 0.276 e. The molecule has 0 spiro atoms. The molecule has 1 atom stereocenters. The van der Waals surface area contributed by atoms with Crippen molar-refractivity contribution in [1.29, 1.82) is 0 Å². The molecule has 0 N–H and O–H groups in total. The number of fused-ring (bicyclic) bond motifs is 1. The van der Waals surface area contributed by atoms with E-state index in [2.05, 4.69) is 19.9 Å². The third kappa shape index (κ3) is 3.03. The van der Waals surface area contributed by atoms with Crippen molar-refractivity contribution in [3.8, 4) is 10.6 Å². The van der Waals surface area contributed by atoms with Gasteiger partial charge >= 0.3 is 0 Å². The van der Waals surface area contributed by atoms with Gasteiger partial charge in [-0.25, -0.2) is 0 Å². The van der Waals surface area contributed by atoms with E-state index in [1.165, 1.54) is 11.5 Å². The van der Waals surface area contributed by atoms with Gasteiger partial charge in [-0.2, -0.15) is 0 Å². The highest BCUT2D eigenvalue weighted by molar-refractivity contribution is 7.09. The van der Waals surface area contributed by atoms with Crippen molar-refractivity contribution in [2.45, 2.75) is 51.4 Å². The van der Waals surface area contributed by atoms with E-state index in [9.17, 15) is 4.79 Å². The summed E-state index contributed by atoms with van der Waals surface area (Å²) in [7, 11) is 0. The zero-order valence-corrected chi connectivity index (χ0v) is 16.5. The van der Waals surface area contributed by atoms with E-state index in [0.29, 0.717) is 18.0 Å². The second-order valence-electron chi connectivity index (χ2n) is 7.55. The molecule has 1 aliphatic heterocycles. The molecule has 1 saturated heterocycles. The average Bonchev–Trinajstić information content (AvgIpc) is 3.46. The van der Waals surface area contributed by atoms with Crippen molar-refractivity contribution in [2.24, 2.45) is 0 Å². The van der Waals surface area contributed by atoms with Crippen LogP contribution in [0.25, 0.3) is 10.6 Å². The number of aryl methyl sites for hydroxylation is 2. The van der Waals surface area contributed by atoms with Gasteiger partial charge in [0.25, 0.3) is 5.91 Å². The summed E-state index contributed by atoms with van der Waals surface area (Å²) in [6, 6.07) is 1.89. The minimum Gasteiger partial charge on any atom is -0.360 e. The second-order valence-corrected chi connectivity index (χ2v) is 8.30. The van der Waals surface area contributed by atoms with Crippen molar-refractivity contribution in [3.63, 3.8) is 0 Å². The number of carbonyl (C=O) groups is 1. The topological polar surface area (TPSA) is 98.2 Å². The summed E-state index contributed by atoms with van der Waals surface area (Å²) in [5.74, 6) is 1.67. The van der Waals surface area contributed by atoms with Crippen molar-refractivity contribution in [2.75, 3.05) is 13.1 Å². The highest BCUT2D eigenvalue weighted by Gasteiger charge is 2.33. The average molecular weight is 399 g/mol. The molecular weight excluding hydrogens is 378 g/mol. The van der Waals surface area contributed by atoms with Gasteiger partial charge in [-0.1, -0.05) is 14.8 Å². The van der Waals surface area contributed by atoms with Gasteiger partial charge in [-0.15, -0.1) is 5.10 Å². The number of hydrogen-bond acceptors (Lipinski definition) is 8. The Morgan fingerprint density at radius 2 is 2.11 bits per heavy atom. The molecule has 0 aromatic carbocycles. The van der Waals surface area contributed by atoms with Crippen LogP contribution in [0.2, 0.25) is 0 Å². The van der Waals surface area contributed by atoms with Crippen LogP contribution in [0.4, 0.5) is 0 Å². The van der Waals surface area contributed by atoms with Gasteiger partial charge < -0.3 is 13.9 Å². The molecule has 4 heterocycles. The van der Waals surface area contributed by atoms with Gasteiger partial charge in [0.2, 0.25) is 0 Å². The molecule has 8 nitrogen and oxygen atoms in total. The standard InChI is InChI=1S/C19H21N5O3S/c1-11-9-15(27-21-11)18-16(20-23-28-18)12-5-4-8-24(10-12)19(25)17-13-6-2-3-7-14(13)26-22-17/h9,12H,2-8,10H2,1H3/t12-/m1/s1. The van der Waals surface area contributed by atoms with Gasteiger partial charge in [0.05, 0.1) is 11.4 Å². The fourth-order valence-corrected chi connectivity index (χ4v) is 4.89. The molecule has 1 aliphatic carbocycles. The van der Waals surface area contributed by atoms with E-state index >= 15 is 0 Å². The molecule has 0 saturated carbocycles. The third-order valence-corrected chi connectivity index (χ3v) is 6.37. The molecule has 3 aromatic rings. The Morgan fingerprint density at radius 3 is 2.96 bits per heavy atom. The molecule has 3 aromatic heterocycles. The lowest BCUT2D eigenvalue weighted by Gasteiger charge is -2.31. The number of nitrogens with zero attached hydrogens (tertiary/aromatic N) is 5. The Hall–Kier alpha value is -2.55. The maximum absolute atomic E-state index is 13.1. The molecule has 28 heavy (non-hydrogen) atoms. The summed E-state index contributed by atoms with van der Waals surface area (Å²) in [5.41, 5.74) is 3.22. The molecule has 1 fully saturated rings. The molecular formula is C19H21N5O3S. The molecule has 5 rings (SSSR count). The number of carbonyl (C=O) groups excluding carboxylic acids is 1. The van der Waals surface area contributed by atoms with Crippen molar-refractivity contribution < 1.29 is 13.8 Å². The minimum atomic E-state index is -0.0307. The SMILES string of the molecule is Cc1cc(-c2snnc2[C@@H]2CCCN(C(=O)c3noc4c3CCCC4)C2)on1. The van der Waals surface area contributed by atoms with Gasteiger partial charge in [0.1, 0.15) is 10.6 Å². The minimum absolute atomic E-state index is 0.0307. The Morgan fingerprint density at radius 1 is 1.21 bits per heavy atom. The quantitative estimate of drug-likeness (QED) is 0.666. The van der Waals surface area contributed by atoms with Crippen LogP contribution in [0, 0.1) is 6.92 Å². The Labute approximate surface area is 166 Å². The molecule has 146 valence electrons. The van der Waals surface area contributed by atoms with E-state index in [4.69, 9.17) is 9.05 Å². The van der Waals surface area contributed by atoms with Crippen LogP contribution >= 0.6 is 11.5 Å². The summed E-state index contributed by atoms with van der Waals surface area (Å²) in [5, 5.41) is 12.4. The first-order valence-electron chi connectivity index (χ1n) is 9.73. The van der Waals surface area contributed by atoms with Gasteiger partial charge in [-0.05, 0) is 50.6 Å².